The predicted octanol–water partition coefficient (Wildman–Crippen LogP) is 5.34. The fourth-order valence-corrected chi connectivity index (χ4v) is 3.84. The Morgan fingerprint density at radius 3 is 2.62 bits per heavy atom. The molecule has 1 unspecified atom stereocenters. The van der Waals surface area contributed by atoms with Gasteiger partial charge in [-0.3, -0.25) is 0 Å². The van der Waals surface area contributed by atoms with Crippen LogP contribution in [0.1, 0.15) is 25.5 Å². The molecule has 2 amide bonds. The zero-order chi connectivity index (χ0) is 23.4. The number of carbonyl (C=O) groups excluding carboxylic acids is 2. The van der Waals surface area contributed by atoms with Gasteiger partial charge in [-0.15, -0.1) is 0 Å². The number of hydrogen-bond acceptors (Lipinski definition) is 4. The van der Waals surface area contributed by atoms with E-state index in [4.69, 9.17) is 40.2 Å². The summed E-state index contributed by atoms with van der Waals surface area (Å²) in [6.45, 7) is 3.82. The molecule has 7 nitrogen and oxygen atoms in total. The van der Waals surface area contributed by atoms with Crippen molar-refractivity contribution in [3.8, 4) is 0 Å². The zero-order valence-corrected chi connectivity index (χ0v) is 20.0. The highest BCUT2D eigenvalue weighted by molar-refractivity contribution is 7.80. The number of anilines is 2. The molecule has 0 radical (unpaired) electrons. The lowest BCUT2D eigenvalue weighted by Gasteiger charge is -2.35. The smallest absolute Gasteiger partial charge is 0.338 e. The van der Waals surface area contributed by atoms with Gasteiger partial charge < -0.3 is 25.6 Å². The lowest BCUT2D eigenvalue weighted by molar-refractivity contribution is -0.139. The summed E-state index contributed by atoms with van der Waals surface area (Å²) < 4.78 is 5.26. The van der Waals surface area contributed by atoms with E-state index in [1.165, 1.54) is 0 Å². The SMILES string of the molecule is CCOC(=O)C1=C(C)N(C)C(=S)NC1c1cccc(NC(=O)Nc2cccc(Cl)c2Cl)c1. The van der Waals surface area contributed by atoms with Gasteiger partial charge >= 0.3 is 12.0 Å². The zero-order valence-electron chi connectivity index (χ0n) is 17.7. The minimum absolute atomic E-state index is 0.252. The molecular formula is C22H22Cl2N4O3S. The van der Waals surface area contributed by atoms with Crippen LogP contribution in [0.15, 0.2) is 53.7 Å². The van der Waals surface area contributed by atoms with Crippen molar-refractivity contribution in [2.45, 2.75) is 19.9 Å². The first kappa shape index (κ1) is 23.8. The van der Waals surface area contributed by atoms with Crippen molar-refractivity contribution >= 4 is 63.9 Å². The van der Waals surface area contributed by atoms with E-state index in [9.17, 15) is 9.59 Å². The van der Waals surface area contributed by atoms with Crippen LogP contribution in [-0.4, -0.2) is 35.7 Å². The number of allylic oxidation sites excluding steroid dienone is 1. The summed E-state index contributed by atoms with van der Waals surface area (Å²) in [5.74, 6) is -0.427. The Morgan fingerprint density at radius 1 is 1.19 bits per heavy atom. The van der Waals surface area contributed by atoms with Crippen molar-refractivity contribution in [2.24, 2.45) is 0 Å². The summed E-state index contributed by atoms with van der Waals surface area (Å²) in [7, 11) is 1.78. The van der Waals surface area contributed by atoms with Gasteiger partial charge in [0.1, 0.15) is 0 Å². The molecule has 2 aromatic rings. The normalized spacial score (nSPS) is 15.8. The van der Waals surface area contributed by atoms with E-state index in [1.54, 1.807) is 55.3 Å². The number of nitrogens with zero attached hydrogens (tertiary/aromatic N) is 1. The topological polar surface area (TPSA) is 82.7 Å². The number of esters is 1. The Labute approximate surface area is 201 Å². The predicted molar refractivity (Wildman–Crippen MR) is 131 cm³/mol. The summed E-state index contributed by atoms with van der Waals surface area (Å²) in [6, 6.07) is 11.1. The minimum atomic E-state index is -0.523. The fraction of sp³-hybridized carbons (Fsp3) is 0.227. The van der Waals surface area contributed by atoms with Crippen LogP contribution in [0.4, 0.5) is 16.2 Å². The molecule has 168 valence electrons. The lowest BCUT2D eigenvalue weighted by atomic mass is 9.95. The molecule has 3 N–H and O–H groups in total. The molecule has 0 saturated carbocycles. The maximum atomic E-state index is 12.7. The molecule has 1 heterocycles. The van der Waals surface area contributed by atoms with E-state index in [1.807, 2.05) is 13.0 Å². The molecule has 3 rings (SSSR count). The monoisotopic (exact) mass is 492 g/mol. The molecule has 0 aliphatic carbocycles. The Hall–Kier alpha value is -2.81. The van der Waals surface area contributed by atoms with E-state index in [0.717, 1.165) is 5.56 Å². The van der Waals surface area contributed by atoms with Crippen molar-refractivity contribution in [2.75, 3.05) is 24.3 Å². The van der Waals surface area contributed by atoms with E-state index < -0.39 is 18.0 Å². The fourth-order valence-electron chi connectivity index (χ4n) is 3.24. The highest BCUT2D eigenvalue weighted by Crippen LogP contribution is 2.32. The first-order chi connectivity index (χ1) is 15.2. The maximum absolute atomic E-state index is 12.7. The third kappa shape index (κ3) is 5.15. The number of rotatable bonds is 5. The molecule has 32 heavy (non-hydrogen) atoms. The van der Waals surface area contributed by atoms with Crippen LogP contribution in [0.2, 0.25) is 10.0 Å². The number of nitrogens with one attached hydrogen (secondary N) is 3. The average molecular weight is 493 g/mol. The Kier molecular flexibility index (Phi) is 7.60. The Balaban J connectivity index is 1.85. The number of thiocarbonyl (C=S) groups is 1. The van der Waals surface area contributed by atoms with Crippen molar-refractivity contribution in [1.29, 1.82) is 0 Å². The molecule has 10 heteroatoms. The minimum Gasteiger partial charge on any atom is -0.463 e. The molecule has 1 aliphatic rings. The van der Waals surface area contributed by atoms with Gasteiger partial charge in [-0.1, -0.05) is 41.4 Å². The third-order valence-corrected chi connectivity index (χ3v) is 6.14. The lowest BCUT2D eigenvalue weighted by Crippen LogP contribution is -2.46. The number of urea groups is 1. The molecule has 0 spiro atoms. The van der Waals surface area contributed by atoms with Gasteiger partial charge in [0.15, 0.2) is 5.11 Å². The average Bonchev–Trinajstić information content (AvgIpc) is 2.75. The summed E-state index contributed by atoms with van der Waals surface area (Å²) in [5, 5.41) is 9.67. The van der Waals surface area contributed by atoms with Crippen LogP contribution in [0.25, 0.3) is 0 Å². The Bertz CT molecular complexity index is 1110. The van der Waals surface area contributed by atoms with Gasteiger partial charge in [-0.2, -0.15) is 0 Å². The van der Waals surface area contributed by atoms with Crippen LogP contribution in [0.3, 0.4) is 0 Å². The van der Waals surface area contributed by atoms with E-state index in [-0.39, 0.29) is 11.6 Å². The van der Waals surface area contributed by atoms with Gasteiger partial charge in [0, 0.05) is 18.4 Å². The molecular weight excluding hydrogens is 471 g/mol. The van der Waals surface area contributed by atoms with Gasteiger partial charge in [-0.25, -0.2) is 9.59 Å². The molecule has 0 bridgehead atoms. The molecule has 1 aliphatic heterocycles. The molecule has 0 aromatic heterocycles. The second-order valence-corrected chi connectivity index (χ2v) is 8.14. The van der Waals surface area contributed by atoms with Crippen LogP contribution in [-0.2, 0) is 9.53 Å². The summed E-state index contributed by atoms with van der Waals surface area (Å²) in [6.07, 6.45) is 0. The maximum Gasteiger partial charge on any atom is 0.338 e. The molecule has 2 aromatic carbocycles. The molecule has 0 saturated heterocycles. The second-order valence-electron chi connectivity index (χ2n) is 6.97. The van der Waals surface area contributed by atoms with Gasteiger partial charge in [0.2, 0.25) is 0 Å². The Morgan fingerprint density at radius 2 is 1.91 bits per heavy atom. The number of hydrogen-bond donors (Lipinski definition) is 3. The number of benzene rings is 2. The van der Waals surface area contributed by atoms with Gasteiger partial charge in [0.25, 0.3) is 0 Å². The van der Waals surface area contributed by atoms with Crippen LogP contribution < -0.4 is 16.0 Å². The highest BCUT2D eigenvalue weighted by atomic mass is 35.5. The number of halogens is 2. The first-order valence-corrected chi connectivity index (χ1v) is 10.9. The van der Waals surface area contributed by atoms with Crippen LogP contribution in [0.5, 0.6) is 0 Å². The number of amides is 2. The summed E-state index contributed by atoms with van der Waals surface area (Å²) >= 11 is 17.5. The van der Waals surface area contributed by atoms with E-state index >= 15 is 0 Å². The van der Waals surface area contributed by atoms with Gasteiger partial charge in [-0.05, 0) is 55.9 Å². The van der Waals surface area contributed by atoms with E-state index in [2.05, 4.69) is 16.0 Å². The highest BCUT2D eigenvalue weighted by Gasteiger charge is 2.33. The van der Waals surface area contributed by atoms with Crippen molar-refractivity contribution in [3.05, 3.63) is 69.3 Å². The van der Waals surface area contributed by atoms with Crippen LogP contribution >= 0.6 is 35.4 Å². The van der Waals surface area contributed by atoms with E-state index in [0.29, 0.717) is 32.8 Å². The van der Waals surface area contributed by atoms with Gasteiger partial charge in [0.05, 0.1) is 34.0 Å². The molecule has 1 atom stereocenters. The standard InChI is InChI=1S/C22H22Cl2N4O3S/c1-4-31-20(29)17-12(2)28(3)22(32)27-19(17)13-7-5-8-14(11-13)25-21(30)26-16-10-6-9-15(23)18(16)24/h5-11,19H,4H2,1-3H3,(H,27,32)(H2,25,26,30). The number of carbonyl (C=O) groups is 2. The van der Waals surface area contributed by atoms with Crippen LogP contribution in [0, 0.1) is 0 Å². The van der Waals surface area contributed by atoms with Crippen molar-refractivity contribution < 1.29 is 14.3 Å². The summed E-state index contributed by atoms with van der Waals surface area (Å²) in [5.41, 5.74) is 2.80. The second kappa shape index (κ2) is 10.2. The third-order valence-electron chi connectivity index (χ3n) is 4.93. The molecule has 0 fully saturated rings. The number of ether oxygens (including phenoxy) is 1. The van der Waals surface area contributed by atoms with Crippen molar-refractivity contribution in [3.63, 3.8) is 0 Å². The van der Waals surface area contributed by atoms with Crippen molar-refractivity contribution in [1.82, 2.24) is 10.2 Å². The first-order valence-electron chi connectivity index (χ1n) is 9.77. The summed E-state index contributed by atoms with van der Waals surface area (Å²) in [4.78, 5) is 26.9. The quantitative estimate of drug-likeness (QED) is 0.386. The largest absolute Gasteiger partial charge is 0.463 e.